The highest BCUT2D eigenvalue weighted by atomic mass is 32.1. The van der Waals surface area contributed by atoms with Crippen LogP contribution in [-0.2, 0) is 15.7 Å². The summed E-state index contributed by atoms with van der Waals surface area (Å²) in [4.78, 5) is 31.5. The third-order valence-corrected chi connectivity index (χ3v) is 8.02. The van der Waals surface area contributed by atoms with Crippen LogP contribution in [0.4, 0.5) is 17.6 Å². The van der Waals surface area contributed by atoms with Gasteiger partial charge in [-0.1, -0.05) is 24.3 Å². The number of ether oxygens (including phenoxy) is 1. The van der Waals surface area contributed by atoms with Crippen LogP contribution in [-0.4, -0.2) is 78.3 Å². The van der Waals surface area contributed by atoms with Crippen molar-refractivity contribution in [3.8, 4) is 0 Å². The molecule has 3 aromatic rings. The topological polar surface area (TPSA) is 65.5 Å². The van der Waals surface area contributed by atoms with Crippen LogP contribution in [0.5, 0.6) is 0 Å². The molecule has 0 saturated carbocycles. The van der Waals surface area contributed by atoms with Crippen LogP contribution >= 0.6 is 11.3 Å². The van der Waals surface area contributed by atoms with Gasteiger partial charge in [0.2, 0.25) is 0 Å². The van der Waals surface area contributed by atoms with E-state index in [0.717, 1.165) is 29.1 Å². The Hall–Kier alpha value is -3.61. The van der Waals surface area contributed by atoms with Crippen molar-refractivity contribution < 1.29 is 31.9 Å². The van der Waals surface area contributed by atoms with E-state index in [4.69, 9.17) is 4.74 Å². The third kappa shape index (κ3) is 6.83. The van der Waals surface area contributed by atoms with E-state index >= 15 is 0 Å². The zero-order chi connectivity index (χ0) is 29.0. The second-order valence-corrected chi connectivity index (χ2v) is 10.7. The van der Waals surface area contributed by atoms with Crippen LogP contribution in [0.25, 0.3) is 0 Å². The number of carbonyl (C=O) groups excluding carboxylic acids is 2. The molecule has 2 aliphatic heterocycles. The van der Waals surface area contributed by atoms with Crippen LogP contribution < -0.4 is 0 Å². The molecule has 1 fully saturated rings. The molecule has 1 aromatic heterocycles. The number of morpholine rings is 1. The standard InChI is InChI=1S/C29H28F4N4O3S/c30-23-5-2-1-4-22(23)25-18-24(26-6-3-17-41-26)34-37(25)27(38)19-36(12-11-35-13-15-40-16-14-35)28(39)20-7-9-21(10-8-20)29(31,32)33/h1-10,17,25H,11-16,18-19H2. The van der Waals surface area contributed by atoms with E-state index in [1.807, 2.05) is 17.5 Å². The minimum Gasteiger partial charge on any atom is -0.379 e. The van der Waals surface area contributed by atoms with Crippen molar-refractivity contribution in [2.24, 2.45) is 5.10 Å². The Morgan fingerprint density at radius 2 is 1.76 bits per heavy atom. The normalized spacial score (nSPS) is 17.9. The van der Waals surface area contributed by atoms with Gasteiger partial charge in [0, 0.05) is 43.7 Å². The predicted octanol–water partition coefficient (Wildman–Crippen LogP) is 5.06. The first-order valence-electron chi connectivity index (χ1n) is 13.1. The minimum absolute atomic E-state index is 0.0302. The van der Waals surface area contributed by atoms with Crippen LogP contribution in [0.15, 0.2) is 71.1 Å². The summed E-state index contributed by atoms with van der Waals surface area (Å²) in [5, 5.41) is 7.67. The molecule has 41 heavy (non-hydrogen) atoms. The molecule has 0 spiro atoms. The van der Waals surface area contributed by atoms with Gasteiger partial charge in [-0.15, -0.1) is 11.3 Å². The lowest BCUT2D eigenvalue weighted by molar-refractivity contribution is -0.137. The van der Waals surface area contributed by atoms with Crippen molar-refractivity contribution in [2.75, 3.05) is 45.9 Å². The van der Waals surface area contributed by atoms with Crippen LogP contribution in [0, 0.1) is 5.82 Å². The summed E-state index contributed by atoms with van der Waals surface area (Å²) in [6, 6.07) is 13.1. The van der Waals surface area contributed by atoms with Crippen molar-refractivity contribution in [1.29, 1.82) is 0 Å². The summed E-state index contributed by atoms with van der Waals surface area (Å²) < 4.78 is 59.5. The molecule has 0 bridgehead atoms. The molecule has 0 N–H and O–H groups in total. The lowest BCUT2D eigenvalue weighted by Crippen LogP contribution is -2.46. The summed E-state index contributed by atoms with van der Waals surface area (Å²) in [6.07, 6.45) is -4.24. The van der Waals surface area contributed by atoms with Gasteiger partial charge in [0.15, 0.2) is 0 Å². The zero-order valence-corrected chi connectivity index (χ0v) is 22.8. The first kappa shape index (κ1) is 28.9. The van der Waals surface area contributed by atoms with Crippen LogP contribution in [0.3, 0.4) is 0 Å². The van der Waals surface area contributed by atoms with E-state index in [9.17, 15) is 27.2 Å². The Labute approximate surface area is 238 Å². The third-order valence-electron chi connectivity index (χ3n) is 7.10. The van der Waals surface area contributed by atoms with Crippen LogP contribution in [0.1, 0.15) is 38.8 Å². The van der Waals surface area contributed by atoms with Crippen molar-refractivity contribution in [3.63, 3.8) is 0 Å². The molecule has 7 nitrogen and oxygen atoms in total. The fourth-order valence-corrected chi connectivity index (χ4v) is 5.60. The summed E-state index contributed by atoms with van der Waals surface area (Å²) in [5.74, 6) is -1.57. The summed E-state index contributed by atoms with van der Waals surface area (Å²) in [7, 11) is 0. The average molecular weight is 589 g/mol. The molecule has 1 atom stereocenters. The summed E-state index contributed by atoms with van der Waals surface area (Å²) in [5.41, 5.74) is 0.105. The Balaban J connectivity index is 1.40. The maximum absolute atomic E-state index is 14.9. The quantitative estimate of drug-likeness (QED) is 0.346. The van der Waals surface area contributed by atoms with Crippen molar-refractivity contribution in [2.45, 2.75) is 18.6 Å². The molecule has 2 aliphatic rings. The average Bonchev–Trinajstić information content (AvgIpc) is 3.66. The van der Waals surface area contributed by atoms with Gasteiger partial charge in [0.25, 0.3) is 11.8 Å². The first-order chi connectivity index (χ1) is 19.7. The monoisotopic (exact) mass is 588 g/mol. The van der Waals surface area contributed by atoms with Gasteiger partial charge in [0.1, 0.15) is 12.4 Å². The van der Waals surface area contributed by atoms with Gasteiger partial charge in [-0.25, -0.2) is 9.40 Å². The number of halogens is 4. The van der Waals surface area contributed by atoms with Gasteiger partial charge in [-0.3, -0.25) is 14.5 Å². The second-order valence-electron chi connectivity index (χ2n) is 9.76. The number of hydrazone groups is 1. The number of hydrogen-bond acceptors (Lipinski definition) is 6. The molecule has 2 amide bonds. The summed E-state index contributed by atoms with van der Waals surface area (Å²) in [6.45, 7) is 2.64. The van der Waals surface area contributed by atoms with Gasteiger partial charge >= 0.3 is 6.18 Å². The molecule has 1 saturated heterocycles. The first-order valence-corrected chi connectivity index (χ1v) is 14.0. The number of benzene rings is 2. The zero-order valence-electron chi connectivity index (χ0n) is 22.0. The largest absolute Gasteiger partial charge is 0.416 e. The molecular formula is C29H28F4N4O3S. The molecule has 5 rings (SSSR count). The van der Waals surface area contributed by atoms with Crippen LogP contribution in [0.2, 0.25) is 0 Å². The highest BCUT2D eigenvalue weighted by molar-refractivity contribution is 7.12. The number of amides is 2. The maximum Gasteiger partial charge on any atom is 0.416 e. The Bertz CT molecular complexity index is 1390. The highest BCUT2D eigenvalue weighted by Gasteiger charge is 2.36. The van der Waals surface area contributed by atoms with Crippen molar-refractivity contribution >= 4 is 28.9 Å². The van der Waals surface area contributed by atoms with Crippen molar-refractivity contribution in [1.82, 2.24) is 14.8 Å². The Kier molecular flexibility index (Phi) is 8.81. The Morgan fingerprint density at radius 1 is 1.02 bits per heavy atom. The predicted molar refractivity (Wildman–Crippen MR) is 146 cm³/mol. The molecule has 12 heteroatoms. The lowest BCUT2D eigenvalue weighted by atomic mass is 10.0. The van der Waals surface area contributed by atoms with E-state index in [2.05, 4.69) is 10.0 Å². The van der Waals surface area contributed by atoms with Gasteiger partial charge < -0.3 is 9.64 Å². The van der Waals surface area contributed by atoms with E-state index in [1.165, 1.54) is 27.3 Å². The lowest BCUT2D eigenvalue weighted by Gasteiger charge is -2.31. The van der Waals surface area contributed by atoms with E-state index in [0.29, 0.717) is 50.5 Å². The molecule has 2 aromatic carbocycles. The smallest absolute Gasteiger partial charge is 0.379 e. The van der Waals surface area contributed by atoms with Gasteiger partial charge in [-0.2, -0.15) is 18.3 Å². The summed E-state index contributed by atoms with van der Waals surface area (Å²) >= 11 is 1.46. The molecule has 0 radical (unpaired) electrons. The second kappa shape index (κ2) is 12.5. The Morgan fingerprint density at radius 3 is 2.41 bits per heavy atom. The number of carbonyl (C=O) groups is 2. The number of alkyl halides is 3. The number of thiophene rings is 1. The molecule has 216 valence electrons. The van der Waals surface area contributed by atoms with E-state index in [-0.39, 0.29) is 18.7 Å². The minimum atomic E-state index is -4.54. The number of hydrogen-bond donors (Lipinski definition) is 0. The molecule has 0 aliphatic carbocycles. The van der Waals surface area contributed by atoms with Gasteiger partial charge in [0.05, 0.1) is 35.4 Å². The van der Waals surface area contributed by atoms with Crippen molar-refractivity contribution in [3.05, 3.63) is 93.4 Å². The fraction of sp³-hybridized carbons (Fsp3) is 0.345. The molecular weight excluding hydrogens is 560 g/mol. The SMILES string of the molecule is O=C(c1ccc(C(F)(F)F)cc1)N(CCN1CCOCC1)CC(=O)N1N=C(c2cccs2)CC1c1ccccc1F. The van der Waals surface area contributed by atoms with E-state index in [1.54, 1.807) is 18.2 Å². The fourth-order valence-electron chi connectivity index (χ4n) is 4.88. The highest BCUT2D eigenvalue weighted by Crippen LogP contribution is 2.35. The van der Waals surface area contributed by atoms with E-state index < -0.39 is 35.4 Å². The number of nitrogens with zero attached hydrogens (tertiary/aromatic N) is 4. The molecule has 1 unspecified atom stereocenters. The van der Waals surface area contributed by atoms with Gasteiger partial charge in [-0.05, 0) is 41.8 Å². The molecule has 3 heterocycles. The number of rotatable bonds is 8. The maximum atomic E-state index is 14.9.